The van der Waals surface area contributed by atoms with Gasteiger partial charge >= 0.3 is 0 Å². The van der Waals surface area contributed by atoms with Gasteiger partial charge in [-0.2, -0.15) is 0 Å². The number of Topliss-reactive ketones (excluding diaryl/α,β-unsaturated/α-hetero) is 1. The van der Waals surface area contributed by atoms with E-state index in [0.717, 1.165) is 30.6 Å². The normalized spacial score (nSPS) is 14.5. The zero-order valence-electron chi connectivity index (χ0n) is 16.4. The summed E-state index contributed by atoms with van der Waals surface area (Å²) in [7, 11) is 0. The van der Waals surface area contributed by atoms with Crippen LogP contribution in [0.2, 0.25) is 0 Å². The molecule has 0 unspecified atom stereocenters. The summed E-state index contributed by atoms with van der Waals surface area (Å²) in [6.07, 6.45) is 5.45. The Kier molecular flexibility index (Phi) is 6.62. The van der Waals surface area contributed by atoms with Crippen molar-refractivity contribution >= 4 is 34.6 Å². The fourth-order valence-electron chi connectivity index (χ4n) is 3.52. The lowest BCUT2D eigenvalue weighted by atomic mass is 9.95. The summed E-state index contributed by atoms with van der Waals surface area (Å²) in [5.41, 5.74) is 1.08. The summed E-state index contributed by atoms with van der Waals surface area (Å²) in [6.45, 7) is 3.37. The summed E-state index contributed by atoms with van der Waals surface area (Å²) in [4.78, 5) is 40.7. The Bertz CT molecular complexity index is 868. The Morgan fingerprint density at radius 3 is 2.50 bits per heavy atom. The second-order valence-electron chi connectivity index (χ2n) is 7.31. The van der Waals surface area contributed by atoms with Gasteiger partial charge in [0.05, 0.1) is 4.88 Å². The third kappa shape index (κ3) is 5.07. The van der Waals surface area contributed by atoms with E-state index in [2.05, 4.69) is 5.32 Å². The highest BCUT2D eigenvalue weighted by atomic mass is 32.1. The highest BCUT2D eigenvalue weighted by molar-refractivity contribution is 7.14. The molecule has 28 heavy (non-hydrogen) atoms. The maximum absolute atomic E-state index is 13.1. The molecule has 0 aliphatic heterocycles. The molecular formula is C22H26N2O3S. The van der Waals surface area contributed by atoms with Crippen LogP contribution in [0.1, 0.15) is 63.9 Å². The van der Waals surface area contributed by atoms with Gasteiger partial charge in [-0.3, -0.25) is 19.3 Å². The fraction of sp³-hybridized carbons (Fsp3) is 0.409. The van der Waals surface area contributed by atoms with Gasteiger partial charge in [0.2, 0.25) is 5.91 Å². The standard InChI is InChI=1S/C22H26N2O3S/c1-15-11-12-20(28-15)22(27)24(19-10-6-7-17(13-19)16(2)25)14-21(26)23-18-8-4-3-5-9-18/h6-7,10-13,18H,3-5,8-9,14H2,1-2H3,(H,23,26). The van der Waals surface area contributed by atoms with Crippen molar-refractivity contribution in [3.8, 4) is 0 Å². The molecule has 0 atom stereocenters. The third-order valence-corrected chi connectivity index (χ3v) is 6.02. The van der Waals surface area contributed by atoms with Crippen molar-refractivity contribution in [1.82, 2.24) is 5.32 Å². The van der Waals surface area contributed by atoms with Crippen molar-refractivity contribution in [2.45, 2.75) is 52.0 Å². The molecule has 1 heterocycles. The molecule has 0 bridgehead atoms. The van der Waals surface area contributed by atoms with Crippen LogP contribution in [0.5, 0.6) is 0 Å². The minimum atomic E-state index is -0.224. The monoisotopic (exact) mass is 398 g/mol. The topological polar surface area (TPSA) is 66.5 Å². The van der Waals surface area contributed by atoms with Gasteiger partial charge in [-0.25, -0.2) is 0 Å². The molecule has 2 aromatic rings. The minimum absolute atomic E-state index is 0.0619. The maximum atomic E-state index is 13.1. The molecule has 6 heteroatoms. The van der Waals surface area contributed by atoms with Crippen LogP contribution >= 0.6 is 11.3 Å². The SMILES string of the molecule is CC(=O)c1cccc(N(CC(=O)NC2CCCCC2)C(=O)c2ccc(C)s2)c1. The predicted octanol–water partition coefficient (Wildman–Crippen LogP) is 4.35. The first kappa shape index (κ1) is 20.3. The molecule has 0 radical (unpaired) electrons. The van der Waals surface area contributed by atoms with Crippen molar-refractivity contribution in [3.05, 3.63) is 51.7 Å². The van der Waals surface area contributed by atoms with E-state index in [4.69, 9.17) is 0 Å². The molecule has 1 aliphatic carbocycles. The van der Waals surface area contributed by atoms with Gasteiger partial charge in [-0.05, 0) is 51.0 Å². The lowest BCUT2D eigenvalue weighted by Crippen LogP contribution is -2.44. The van der Waals surface area contributed by atoms with Gasteiger partial charge in [0.15, 0.2) is 5.78 Å². The van der Waals surface area contributed by atoms with Crippen molar-refractivity contribution in [2.75, 3.05) is 11.4 Å². The number of thiophene rings is 1. The van der Waals surface area contributed by atoms with Crippen LogP contribution in [0.25, 0.3) is 0 Å². The third-order valence-electron chi connectivity index (χ3n) is 5.03. The van der Waals surface area contributed by atoms with Crippen LogP contribution in [-0.2, 0) is 4.79 Å². The Hall–Kier alpha value is -2.47. The van der Waals surface area contributed by atoms with E-state index in [1.54, 1.807) is 30.3 Å². The first-order valence-electron chi connectivity index (χ1n) is 9.72. The van der Waals surface area contributed by atoms with E-state index < -0.39 is 0 Å². The Morgan fingerprint density at radius 2 is 1.86 bits per heavy atom. The van der Waals surface area contributed by atoms with Gasteiger partial charge in [0, 0.05) is 22.2 Å². The van der Waals surface area contributed by atoms with Crippen molar-refractivity contribution in [2.24, 2.45) is 0 Å². The summed E-state index contributed by atoms with van der Waals surface area (Å²) in [6, 6.07) is 10.8. The Balaban J connectivity index is 1.83. The Morgan fingerprint density at radius 1 is 1.11 bits per heavy atom. The molecule has 2 amide bonds. The number of benzene rings is 1. The summed E-state index contributed by atoms with van der Waals surface area (Å²) in [5.74, 6) is -0.466. The number of ketones is 1. The molecule has 0 spiro atoms. The molecule has 3 rings (SSSR count). The summed E-state index contributed by atoms with van der Waals surface area (Å²) in [5, 5.41) is 3.07. The van der Waals surface area contributed by atoms with Gasteiger partial charge in [-0.1, -0.05) is 31.4 Å². The maximum Gasteiger partial charge on any atom is 0.268 e. The van der Waals surface area contributed by atoms with E-state index >= 15 is 0 Å². The number of nitrogens with zero attached hydrogens (tertiary/aromatic N) is 1. The number of nitrogens with one attached hydrogen (secondary N) is 1. The van der Waals surface area contributed by atoms with Gasteiger partial charge in [0.25, 0.3) is 5.91 Å². The molecule has 1 fully saturated rings. The average Bonchev–Trinajstić information content (AvgIpc) is 3.13. The number of carbonyl (C=O) groups is 3. The number of hydrogen-bond acceptors (Lipinski definition) is 4. The number of amides is 2. The number of aryl methyl sites for hydroxylation is 1. The number of anilines is 1. The van der Waals surface area contributed by atoms with E-state index in [1.807, 2.05) is 13.0 Å². The molecule has 1 aromatic carbocycles. The molecule has 1 saturated carbocycles. The molecule has 5 nitrogen and oxygen atoms in total. The number of rotatable bonds is 6. The molecule has 1 aliphatic rings. The largest absolute Gasteiger partial charge is 0.352 e. The van der Waals surface area contributed by atoms with Crippen LogP contribution < -0.4 is 10.2 Å². The second-order valence-corrected chi connectivity index (χ2v) is 8.60. The number of carbonyl (C=O) groups excluding carboxylic acids is 3. The lowest BCUT2D eigenvalue weighted by molar-refractivity contribution is -0.120. The van der Waals surface area contributed by atoms with E-state index in [9.17, 15) is 14.4 Å². The van der Waals surface area contributed by atoms with Crippen LogP contribution in [0, 0.1) is 6.92 Å². The van der Waals surface area contributed by atoms with E-state index in [-0.39, 0.29) is 30.2 Å². The first-order chi connectivity index (χ1) is 13.4. The van der Waals surface area contributed by atoms with Crippen LogP contribution in [-0.4, -0.2) is 30.2 Å². The Labute approximate surface area is 169 Å². The summed E-state index contributed by atoms with van der Waals surface area (Å²) < 4.78 is 0. The minimum Gasteiger partial charge on any atom is -0.352 e. The molecule has 148 valence electrons. The molecule has 1 aromatic heterocycles. The van der Waals surface area contributed by atoms with Crippen molar-refractivity contribution in [3.63, 3.8) is 0 Å². The van der Waals surface area contributed by atoms with Gasteiger partial charge < -0.3 is 5.32 Å². The van der Waals surface area contributed by atoms with Crippen LogP contribution in [0.4, 0.5) is 5.69 Å². The highest BCUT2D eigenvalue weighted by Gasteiger charge is 2.24. The molecular weight excluding hydrogens is 372 g/mol. The zero-order chi connectivity index (χ0) is 20.1. The van der Waals surface area contributed by atoms with Gasteiger partial charge in [0.1, 0.15) is 6.54 Å². The van der Waals surface area contributed by atoms with E-state index in [0.29, 0.717) is 16.1 Å². The quantitative estimate of drug-likeness (QED) is 0.736. The van der Waals surface area contributed by atoms with Crippen LogP contribution in [0.15, 0.2) is 36.4 Å². The van der Waals surface area contributed by atoms with Crippen molar-refractivity contribution in [1.29, 1.82) is 0 Å². The zero-order valence-corrected chi connectivity index (χ0v) is 17.2. The first-order valence-corrected chi connectivity index (χ1v) is 10.5. The summed E-state index contributed by atoms with van der Waals surface area (Å²) >= 11 is 1.40. The number of hydrogen-bond donors (Lipinski definition) is 1. The molecule has 0 saturated heterocycles. The lowest BCUT2D eigenvalue weighted by Gasteiger charge is -2.26. The second kappa shape index (κ2) is 9.15. The van der Waals surface area contributed by atoms with Gasteiger partial charge in [-0.15, -0.1) is 11.3 Å². The predicted molar refractivity (Wildman–Crippen MR) is 112 cm³/mol. The van der Waals surface area contributed by atoms with Crippen LogP contribution in [0.3, 0.4) is 0 Å². The highest BCUT2D eigenvalue weighted by Crippen LogP contribution is 2.23. The van der Waals surface area contributed by atoms with E-state index in [1.165, 1.54) is 29.6 Å². The fourth-order valence-corrected chi connectivity index (χ4v) is 4.34. The molecule has 1 N–H and O–H groups in total. The smallest absolute Gasteiger partial charge is 0.268 e. The van der Waals surface area contributed by atoms with Crippen molar-refractivity contribution < 1.29 is 14.4 Å². The average molecular weight is 399 g/mol.